The molecule has 1 heterocycles. The molecule has 0 unspecified atom stereocenters. The topological polar surface area (TPSA) is 84.0 Å². The molecule has 1 fully saturated rings. The maximum atomic E-state index is 14.8. The van der Waals surface area contributed by atoms with Crippen LogP contribution >= 0.6 is 22.9 Å². The molecule has 5 rings (SSSR count). The molecule has 1 saturated carbocycles. The van der Waals surface area contributed by atoms with Crippen molar-refractivity contribution >= 4 is 54.9 Å². The van der Waals surface area contributed by atoms with Crippen LogP contribution in [0.4, 0.5) is 13.6 Å². The van der Waals surface area contributed by atoms with Gasteiger partial charge in [-0.25, -0.2) is 22.0 Å². The molecule has 0 bridgehead atoms. The molecule has 47 heavy (non-hydrogen) atoms. The van der Waals surface area contributed by atoms with Gasteiger partial charge in [0.05, 0.1) is 20.0 Å². The van der Waals surface area contributed by atoms with Gasteiger partial charge in [-0.2, -0.15) is 0 Å². The van der Waals surface area contributed by atoms with Gasteiger partial charge in [-0.15, -0.1) is 11.3 Å². The number of thiophene rings is 1. The number of fused-ring (bicyclic) bond motifs is 1. The quantitative estimate of drug-likeness (QED) is 0.192. The van der Waals surface area contributed by atoms with E-state index in [-0.39, 0.29) is 43.5 Å². The highest BCUT2D eigenvalue weighted by atomic mass is 35.5. The van der Waals surface area contributed by atoms with Crippen LogP contribution in [-0.4, -0.2) is 61.2 Å². The Balaban J connectivity index is 1.48. The minimum Gasteiger partial charge on any atom is -0.444 e. The summed E-state index contributed by atoms with van der Waals surface area (Å²) in [5.41, 5.74) is 1.31. The minimum absolute atomic E-state index is 0.0274. The number of amides is 2. The lowest BCUT2D eigenvalue weighted by Gasteiger charge is -2.40. The fraction of sp³-hybridized carbons (Fsp3) is 0.371. The smallest absolute Gasteiger partial charge is 0.410 e. The summed E-state index contributed by atoms with van der Waals surface area (Å²) in [6.45, 7) is 5.57. The fourth-order valence-corrected chi connectivity index (χ4v) is 8.45. The van der Waals surface area contributed by atoms with Gasteiger partial charge in [-0.1, -0.05) is 48.0 Å². The third-order valence-electron chi connectivity index (χ3n) is 8.35. The van der Waals surface area contributed by atoms with Crippen molar-refractivity contribution in [2.75, 3.05) is 13.3 Å². The first-order chi connectivity index (χ1) is 22.0. The van der Waals surface area contributed by atoms with E-state index in [2.05, 4.69) is 0 Å². The van der Waals surface area contributed by atoms with E-state index in [0.717, 1.165) is 35.3 Å². The number of nitrogens with zero attached hydrogens (tertiary/aromatic N) is 2. The van der Waals surface area contributed by atoms with Crippen LogP contribution in [0.25, 0.3) is 21.2 Å². The monoisotopic (exact) mass is 702 g/mol. The van der Waals surface area contributed by atoms with E-state index in [1.54, 1.807) is 47.2 Å². The Labute approximate surface area is 283 Å². The predicted octanol–water partition coefficient (Wildman–Crippen LogP) is 8.72. The number of hydrogen-bond donors (Lipinski definition) is 0. The number of carbonyl (C=O) groups is 2. The summed E-state index contributed by atoms with van der Waals surface area (Å²) in [6.07, 6.45) is 3.08. The number of carbonyl (C=O) groups excluding carboxylic acids is 2. The van der Waals surface area contributed by atoms with E-state index < -0.39 is 39.1 Å². The standard InChI is InChI=1S/C35H37ClF2N2O5S2/c1-35(2,3)45-34(42)39(4)23-13-15-24(16-14-23)40(33(41)32-30(36)29-26(37)17-18-27(38)31(29)46-32)20-21-9-8-10-22(19-21)25-11-6-7-12-28(25)47(5,43)44/h6-12,17-19,23-24H,13-16,20H2,1-5H3/t23-,24-. The molecular formula is C35H37ClF2N2O5S2. The number of rotatable bonds is 7. The van der Waals surface area contributed by atoms with Gasteiger partial charge in [0.1, 0.15) is 22.1 Å². The van der Waals surface area contributed by atoms with E-state index in [9.17, 15) is 26.8 Å². The van der Waals surface area contributed by atoms with Crippen molar-refractivity contribution in [3.8, 4) is 11.1 Å². The zero-order valence-electron chi connectivity index (χ0n) is 26.8. The maximum absolute atomic E-state index is 14.8. The van der Waals surface area contributed by atoms with Crippen LogP contribution in [0.15, 0.2) is 65.6 Å². The molecule has 1 aliphatic carbocycles. The molecule has 7 nitrogen and oxygen atoms in total. The molecule has 4 aromatic rings. The second kappa shape index (κ2) is 13.5. The SMILES string of the molecule is CN(C(=O)OC(C)(C)C)[C@H]1CC[C@H](N(Cc2cccc(-c3ccccc3S(C)(=O)=O)c2)C(=O)c2sc3c(F)ccc(F)c3c2Cl)CC1. The average molecular weight is 703 g/mol. The average Bonchev–Trinajstić information content (AvgIpc) is 3.38. The Morgan fingerprint density at radius 1 is 0.957 bits per heavy atom. The van der Waals surface area contributed by atoms with Crippen LogP contribution < -0.4 is 0 Å². The van der Waals surface area contributed by atoms with Crippen LogP contribution in [0.1, 0.15) is 61.7 Å². The molecule has 0 saturated heterocycles. The van der Waals surface area contributed by atoms with Gasteiger partial charge in [0, 0.05) is 37.5 Å². The van der Waals surface area contributed by atoms with Gasteiger partial charge in [-0.3, -0.25) is 4.79 Å². The van der Waals surface area contributed by atoms with Crippen molar-refractivity contribution in [2.45, 2.75) is 75.6 Å². The van der Waals surface area contributed by atoms with Crippen LogP contribution in [0.2, 0.25) is 5.02 Å². The van der Waals surface area contributed by atoms with Crippen molar-refractivity contribution < 1.29 is 31.5 Å². The van der Waals surface area contributed by atoms with Crippen LogP contribution in [0.3, 0.4) is 0 Å². The van der Waals surface area contributed by atoms with Crippen LogP contribution in [0, 0.1) is 11.6 Å². The summed E-state index contributed by atoms with van der Waals surface area (Å²) in [6, 6.07) is 15.7. The van der Waals surface area contributed by atoms with Gasteiger partial charge in [0.25, 0.3) is 5.91 Å². The van der Waals surface area contributed by atoms with Gasteiger partial charge in [0.15, 0.2) is 9.84 Å². The van der Waals surface area contributed by atoms with E-state index in [1.807, 2.05) is 39.0 Å². The summed E-state index contributed by atoms with van der Waals surface area (Å²) >= 11 is 7.39. The van der Waals surface area contributed by atoms with Gasteiger partial charge < -0.3 is 14.5 Å². The molecule has 1 aromatic heterocycles. The summed E-state index contributed by atoms with van der Waals surface area (Å²) in [7, 11) is -1.80. The third kappa shape index (κ3) is 7.63. The molecule has 12 heteroatoms. The lowest BCUT2D eigenvalue weighted by atomic mass is 9.89. The van der Waals surface area contributed by atoms with E-state index in [0.29, 0.717) is 36.8 Å². The summed E-state index contributed by atoms with van der Waals surface area (Å²) in [4.78, 5) is 30.6. The van der Waals surface area contributed by atoms with Crippen LogP contribution in [0.5, 0.6) is 0 Å². The number of ether oxygens (including phenoxy) is 1. The molecule has 0 spiro atoms. The third-order valence-corrected chi connectivity index (χ3v) is 11.2. The summed E-state index contributed by atoms with van der Waals surface area (Å²) in [5, 5.41) is -0.256. The molecule has 0 aliphatic heterocycles. The predicted molar refractivity (Wildman–Crippen MR) is 182 cm³/mol. The zero-order valence-corrected chi connectivity index (χ0v) is 29.2. The highest BCUT2D eigenvalue weighted by molar-refractivity contribution is 7.90. The van der Waals surface area contributed by atoms with Gasteiger partial charge in [0.2, 0.25) is 0 Å². The van der Waals surface area contributed by atoms with E-state index in [1.165, 1.54) is 0 Å². The number of halogens is 3. The van der Waals surface area contributed by atoms with Crippen LogP contribution in [-0.2, 0) is 21.1 Å². The molecule has 250 valence electrons. The van der Waals surface area contributed by atoms with Crippen molar-refractivity contribution in [1.29, 1.82) is 0 Å². The first-order valence-corrected chi connectivity index (χ1v) is 18.3. The Bertz CT molecular complexity index is 1930. The lowest BCUT2D eigenvalue weighted by Crippen LogP contribution is -2.47. The van der Waals surface area contributed by atoms with Crippen molar-refractivity contribution in [3.05, 3.63) is 87.8 Å². The number of sulfone groups is 1. The molecule has 1 aliphatic rings. The summed E-state index contributed by atoms with van der Waals surface area (Å²) < 4.78 is 60.1. The lowest BCUT2D eigenvalue weighted by molar-refractivity contribution is 0.0144. The number of hydrogen-bond acceptors (Lipinski definition) is 6. The Hall–Kier alpha value is -3.54. The van der Waals surface area contributed by atoms with Crippen molar-refractivity contribution in [2.24, 2.45) is 0 Å². The normalized spacial score (nSPS) is 17.0. The second-order valence-corrected chi connectivity index (χ2v) is 16.3. The zero-order chi connectivity index (χ0) is 34.3. The molecule has 0 radical (unpaired) electrons. The molecule has 3 aromatic carbocycles. The Kier molecular flexibility index (Phi) is 10.0. The van der Waals surface area contributed by atoms with E-state index in [4.69, 9.17) is 16.3 Å². The highest BCUT2D eigenvalue weighted by Crippen LogP contribution is 2.40. The molecular weight excluding hydrogens is 666 g/mol. The minimum atomic E-state index is -3.51. The van der Waals surface area contributed by atoms with Crippen molar-refractivity contribution in [3.63, 3.8) is 0 Å². The fourth-order valence-electron chi connectivity index (χ4n) is 6.04. The second-order valence-electron chi connectivity index (χ2n) is 12.9. The largest absolute Gasteiger partial charge is 0.444 e. The Morgan fingerprint density at radius 3 is 2.23 bits per heavy atom. The van der Waals surface area contributed by atoms with Gasteiger partial charge >= 0.3 is 6.09 Å². The summed E-state index contributed by atoms with van der Waals surface area (Å²) in [5.74, 6) is -1.83. The Morgan fingerprint density at radius 2 is 1.60 bits per heavy atom. The van der Waals surface area contributed by atoms with E-state index >= 15 is 0 Å². The van der Waals surface area contributed by atoms with Crippen molar-refractivity contribution in [1.82, 2.24) is 9.80 Å². The molecule has 0 N–H and O–H groups in total. The molecule has 2 amide bonds. The highest BCUT2D eigenvalue weighted by Gasteiger charge is 2.35. The molecule has 0 atom stereocenters. The first-order valence-electron chi connectivity index (χ1n) is 15.3. The van der Waals surface area contributed by atoms with Gasteiger partial charge in [-0.05, 0) is 81.8 Å². The number of benzene rings is 3. The maximum Gasteiger partial charge on any atom is 0.410 e. The first kappa shape index (κ1) is 34.8.